The van der Waals surface area contributed by atoms with E-state index in [1.807, 2.05) is 20.8 Å². The number of ether oxygens (including phenoxy) is 2. The molecule has 0 aliphatic heterocycles. The van der Waals surface area contributed by atoms with Crippen LogP contribution in [-0.2, 0) is 0 Å². The molecule has 0 amide bonds. The molecule has 1 atom stereocenters. The SMILES string of the molecule is COc1ccc(C(O)C(C)(C)C)c(Cl)c1OC. The third-order valence-corrected chi connectivity index (χ3v) is 3.02. The van der Waals surface area contributed by atoms with Crippen LogP contribution in [0.3, 0.4) is 0 Å². The first-order valence-electron chi connectivity index (χ1n) is 5.41. The van der Waals surface area contributed by atoms with Gasteiger partial charge in [-0.1, -0.05) is 38.4 Å². The topological polar surface area (TPSA) is 38.7 Å². The average molecular weight is 259 g/mol. The Kier molecular flexibility index (Phi) is 4.28. The minimum Gasteiger partial charge on any atom is -0.493 e. The first-order valence-corrected chi connectivity index (χ1v) is 5.79. The predicted molar refractivity (Wildman–Crippen MR) is 69.0 cm³/mol. The van der Waals surface area contributed by atoms with Crippen LogP contribution in [0.4, 0.5) is 0 Å². The number of benzene rings is 1. The van der Waals surface area contributed by atoms with E-state index in [1.165, 1.54) is 7.11 Å². The monoisotopic (exact) mass is 258 g/mol. The second kappa shape index (κ2) is 5.15. The van der Waals surface area contributed by atoms with E-state index in [0.717, 1.165) is 0 Å². The van der Waals surface area contributed by atoms with Crippen LogP contribution in [0.1, 0.15) is 32.4 Å². The van der Waals surface area contributed by atoms with Crippen molar-refractivity contribution < 1.29 is 14.6 Å². The summed E-state index contributed by atoms with van der Waals surface area (Å²) in [6, 6.07) is 3.51. The van der Waals surface area contributed by atoms with Gasteiger partial charge in [-0.15, -0.1) is 0 Å². The summed E-state index contributed by atoms with van der Waals surface area (Å²) in [7, 11) is 3.07. The lowest BCUT2D eigenvalue weighted by atomic mass is 9.84. The molecule has 0 aromatic heterocycles. The van der Waals surface area contributed by atoms with Crippen molar-refractivity contribution in [1.29, 1.82) is 0 Å². The zero-order valence-corrected chi connectivity index (χ0v) is 11.6. The molecule has 0 saturated heterocycles. The second-order valence-electron chi connectivity index (χ2n) is 4.97. The third-order valence-electron chi connectivity index (χ3n) is 2.63. The molecular formula is C13H19ClO3. The van der Waals surface area contributed by atoms with Gasteiger partial charge in [0.05, 0.1) is 25.3 Å². The lowest BCUT2D eigenvalue weighted by Crippen LogP contribution is -2.18. The fourth-order valence-electron chi connectivity index (χ4n) is 1.58. The van der Waals surface area contributed by atoms with Gasteiger partial charge in [0.1, 0.15) is 0 Å². The summed E-state index contributed by atoms with van der Waals surface area (Å²) in [5.41, 5.74) is 0.361. The molecule has 0 spiro atoms. The van der Waals surface area contributed by atoms with Gasteiger partial charge in [0.2, 0.25) is 0 Å². The van der Waals surface area contributed by atoms with Crippen molar-refractivity contribution >= 4 is 11.6 Å². The molecule has 4 heteroatoms. The van der Waals surface area contributed by atoms with E-state index in [1.54, 1.807) is 19.2 Å². The maximum absolute atomic E-state index is 10.2. The van der Waals surface area contributed by atoms with Crippen LogP contribution in [0.15, 0.2) is 12.1 Å². The van der Waals surface area contributed by atoms with Gasteiger partial charge in [0.25, 0.3) is 0 Å². The van der Waals surface area contributed by atoms with Gasteiger partial charge in [0, 0.05) is 5.56 Å². The molecule has 1 aromatic rings. The molecular weight excluding hydrogens is 240 g/mol. The molecule has 1 aromatic carbocycles. The van der Waals surface area contributed by atoms with Crippen LogP contribution in [0, 0.1) is 5.41 Å². The van der Waals surface area contributed by atoms with Crippen LogP contribution >= 0.6 is 11.6 Å². The molecule has 1 N–H and O–H groups in total. The Balaban J connectivity index is 3.29. The van der Waals surface area contributed by atoms with Crippen molar-refractivity contribution in [1.82, 2.24) is 0 Å². The molecule has 0 aliphatic rings. The molecule has 0 fully saturated rings. The zero-order valence-electron chi connectivity index (χ0n) is 10.9. The summed E-state index contributed by atoms with van der Waals surface area (Å²) in [4.78, 5) is 0. The van der Waals surface area contributed by atoms with Crippen LogP contribution < -0.4 is 9.47 Å². The third kappa shape index (κ3) is 2.85. The summed E-state index contributed by atoms with van der Waals surface area (Å²) < 4.78 is 10.3. The van der Waals surface area contributed by atoms with Gasteiger partial charge < -0.3 is 14.6 Å². The molecule has 0 aliphatic carbocycles. The van der Waals surface area contributed by atoms with E-state index < -0.39 is 6.10 Å². The number of hydrogen-bond donors (Lipinski definition) is 1. The molecule has 17 heavy (non-hydrogen) atoms. The zero-order chi connectivity index (χ0) is 13.2. The number of rotatable bonds is 3. The van der Waals surface area contributed by atoms with E-state index in [2.05, 4.69) is 0 Å². The average Bonchev–Trinajstić information content (AvgIpc) is 2.26. The molecule has 96 valence electrons. The van der Waals surface area contributed by atoms with Crippen LogP contribution in [0.2, 0.25) is 5.02 Å². The number of halogens is 1. The summed E-state index contributed by atoms with van der Waals surface area (Å²) in [6.45, 7) is 5.85. The normalized spacial score (nSPS) is 13.4. The number of methoxy groups -OCH3 is 2. The Hall–Kier alpha value is -0.930. The van der Waals surface area contributed by atoms with Crippen molar-refractivity contribution in [2.75, 3.05) is 14.2 Å². The summed E-state index contributed by atoms with van der Waals surface area (Å²) in [5, 5.41) is 10.6. The minimum absolute atomic E-state index is 0.288. The Morgan fingerprint density at radius 3 is 2.18 bits per heavy atom. The summed E-state index contributed by atoms with van der Waals surface area (Å²) in [5.74, 6) is 1.01. The molecule has 0 bridgehead atoms. The van der Waals surface area contributed by atoms with Gasteiger partial charge in [-0.05, 0) is 11.5 Å². The lowest BCUT2D eigenvalue weighted by molar-refractivity contribution is 0.0625. The predicted octanol–water partition coefficient (Wildman–Crippen LogP) is 3.44. The van der Waals surface area contributed by atoms with Gasteiger partial charge in [-0.25, -0.2) is 0 Å². The molecule has 3 nitrogen and oxygen atoms in total. The van der Waals surface area contributed by atoms with Crippen molar-refractivity contribution in [3.63, 3.8) is 0 Å². The number of aliphatic hydroxyl groups is 1. The van der Waals surface area contributed by atoms with E-state index >= 15 is 0 Å². The minimum atomic E-state index is -0.658. The highest BCUT2D eigenvalue weighted by Gasteiger charge is 2.27. The Labute approximate surface area is 107 Å². The van der Waals surface area contributed by atoms with Gasteiger partial charge in [0.15, 0.2) is 11.5 Å². The van der Waals surface area contributed by atoms with E-state index in [9.17, 15) is 5.11 Å². The van der Waals surface area contributed by atoms with E-state index in [-0.39, 0.29) is 5.41 Å². The fraction of sp³-hybridized carbons (Fsp3) is 0.538. The standard InChI is InChI=1S/C13H19ClO3/c1-13(2,3)12(15)8-6-7-9(16-4)11(17-5)10(8)14/h6-7,12,15H,1-5H3. The van der Waals surface area contributed by atoms with Crippen LogP contribution in [0.5, 0.6) is 11.5 Å². The summed E-state index contributed by atoms with van der Waals surface area (Å²) in [6.07, 6.45) is -0.658. The highest BCUT2D eigenvalue weighted by atomic mass is 35.5. The van der Waals surface area contributed by atoms with Gasteiger partial charge in [-0.3, -0.25) is 0 Å². The van der Waals surface area contributed by atoms with E-state index in [4.69, 9.17) is 21.1 Å². The van der Waals surface area contributed by atoms with Crippen molar-refractivity contribution in [3.05, 3.63) is 22.7 Å². The fourth-order valence-corrected chi connectivity index (χ4v) is 1.92. The van der Waals surface area contributed by atoms with Gasteiger partial charge in [-0.2, -0.15) is 0 Å². The summed E-state index contributed by atoms with van der Waals surface area (Å²) >= 11 is 6.23. The maximum atomic E-state index is 10.2. The van der Waals surface area contributed by atoms with Crippen LogP contribution in [0.25, 0.3) is 0 Å². The second-order valence-corrected chi connectivity index (χ2v) is 5.35. The molecule has 0 heterocycles. The number of hydrogen-bond acceptors (Lipinski definition) is 3. The first kappa shape index (κ1) is 14.1. The lowest BCUT2D eigenvalue weighted by Gasteiger charge is -2.27. The maximum Gasteiger partial charge on any atom is 0.179 e. The quantitative estimate of drug-likeness (QED) is 0.903. The molecule has 1 unspecified atom stereocenters. The van der Waals surface area contributed by atoms with Crippen molar-refractivity contribution in [2.45, 2.75) is 26.9 Å². The largest absolute Gasteiger partial charge is 0.493 e. The highest BCUT2D eigenvalue weighted by molar-refractivity contribution is 6.33. The molecule has 0 radical (unpaired) electrons. The van der Waals surface area contributed by atoms with Gasteiger partial charge >= 0.3 is 0 Å². The Morgan fingerprint density at radius 2 is 1.76 bits per heavy atom. The highest BCUT2D eigenvalue weighted by Crippen LogP contribution is 2.43. The Bertz CT molecular complexity index is 396. The molecule has 1 rings (SSSR count). The smallest absolute Gasteiger partial charge is 0.179 e. The number of aliphatic hydroxyl groups excluding tert-OH is 1. The Morgan fingerprint density at radius 1 is 1.18 bits per heavy atom. The van der Waals surface area contributed by atoms with Crippen molar-refractivity contribution in [2.24, 2.45) is 5.41 Å². The molecule has 0 saturated carbocycles. The van der Waals surface area contributed by atoms with Crippen molar-refractivity contribution in [3.8, 4) is 11.5 Å². The van der Waals surface area contributed by atoms with Crippen LogP contribution in [-0.4, -0.2) is 19.3 Å². The van der Waals surface area contributed by atoms with E-state index in [0.29, 0.717) is 22.1 Å². The first-order chi connectivity index (χ1) is 7.82.